The van der Waals surface area contributed by atoms with E-state index < -0.39 is 44.7 Å². The average Bonchev–Trinajstić information content (AvgIpc) is 3.23. The summed E-state index contributed by atoms with van der Waals surface area (Å²) in [5.74, 6) is -3.57. The van der Waals surface area contributed by atoms with Crippen molar-refractivity contribution in [3.05, 3.63) is 113 Å². The van der Waals surface area contributed by atoms with Crippen LogP contribution in [0.15, 0.2) is 106 Å². The summed E-state index contributed by atoms with van der Waals surface area (Å²) in [4.78, 5) is 47.9. The third-order valence-corrected chi connectivity index (χ3v) is 8.99. The number of aryl methyl sites for hydroxylation is 1. The van der Waals surface area contributed by atoms with E-state index >= 15 is 0 Å². The quantitative estimate of drug-likeness (QED) is 0.105. The van der Waals surface area contributed by atoms with E-state index in [4.69, 9.17) is 21.7 Å². The number of amides is 1. The molecule has 1 aliphatic rings. The molecule has 0 unspecified atom stereocenters. The zero-order chi connectivity index (χ0) is 32.8. The molecule has 1 amide bonds. The number of thiocarbonyl (C=S) groups is 1. The normalized spacial score (nSPS) is 15.3. The molecule has 234 valence electrons. The van der Waals surface area contributed by atoms with Gasteiger partial charge in [0.05, 0.1) is 18.1 Å². The van der Waals surface area contributed by atoms with Crippen molar-refractivity contribution in [1.82, 2.24) is 9.80 Å². The lowest BCUT2D eigenvalue weighted by Gasteiger charge is -2.38. The molecule has 1 heterocycles. The second-order valence-corrected chi connectivity index (χ2v) is 12.3. The smallest absolute Gasteiger partial charge is 0.342 e. The van der Waals surface area contributed by atoms with E-state index in [0.29, 0.717) is 11.1 Å². The number of amidine groups is 1. The molecule has 10 nitrogen and oxygen atoms in total. The fourth-order valence-electron chi connectivity index (χ4n) is 4.97. The lowest BCUT2D eigenvalue weighted by atomic mass is 9.81. The zero-order valence-corrected chi connectivity index (χ0v) is 26.9. The Balaban J connectivity index is 2.08. The molecule has 4 rings (SSSR count). The van der Waals surface area contributed by atoms with Crippen LogP contribution >= 0.6 is 12.2 Å². The van der Waals surface area contributed by atoms with Gasteiger partial charge in [0.1, 0.15) is 17.3 Å². The molecule has 0 spiro atoms. The fourth-order valence-corrected chi connectivity index (χ4v) is 6.27. The van der Waals surface area contributed by atoms with E-state index in [9.17, 15) is 22.8 Å². The fraction of sp³-hybridized carbons (Fsp3) is 0.242. The van der Waals surface area contributed by atoms with Gasteiger partial charge in [-0.05, 0) is 56.2 Å². The highest BCUT2D eigenvalue weighted by Gasteiger charge is 2.59. The van der Waals surface area contributed by atoms with Gasteiger partial charge in [0.25, 0.3) is 5.91 Å². The van der Waals surface area contributed by atoms with E-state index in [2.05, 4.69) is 4.99 Å². The molecule has 1 aliphatic heterocycles. The van der Waals surface area contributed by atoms with Crippen LogP contribution < -0.4 is 0 Å². The third-order valence-electron chi connectivity index (χ3n) is 7.07. The van der Waals surface area contributed by atoms with Crippen LogP contribution in [0.5, 0.6) is 0 Å². The van der Waals surface area contributed by atoms with Gasteiger partial charge in [-0.1, -0.05) is 78.4 Å². The third kappa shape index (κ3) is 6.57. The summed E-state index contributed by atoms with van der Waals surface area (Å²) in [7, 11) is -2.60. The zero-order valence-electron chi connectivity index (χ0n) is 25.3. The van der Waals surface area contributed by atoms with Crippen molar-refractivity contribution in [2.45, 2.75) is 31.2 Å². The molecule has 3 aromatic carbocycles. The Morgan fingerprint density at radius 1 is 0.889 bits per heavy atom. The van der Waals surface area contributed by atoms with Crippen molar-refractivity contribution >= 4 is 50.8 Å². The van der Waals surface area contributed by atoms with Crippen molar-refractivity contribution in [3.8, 4) is 0 Å². The highest BCUT2D eigenvalue weighted by Crippen LogP contribution is 2.44. The van der Waals surface area contributed by atoms with Gasteiger partial charge in [-0.2, -0.15) is 0 Å². The molecule has 1 saturated heterocycles. The minimum Gasteiger partial charge on any atom is -0.463 e. The SMILES string of the molecule is CCOC(=O)/C=C(C(=O)OCC)\C(=N/CS(=O)(=O)c1ccc(C)cc1)N1C(=S)N(C)C(=O)C1(c1ccccc1)c1ccccc1. The van der Waals surface area contributed by atoms with Gasteiger partial charge in [-0.25, -0.2) is 18.0 Å². The van der Waals surface area contributed by atoms with Crippen molar-refractivity contribution in [2.24, 2.45) is 4.99 Å². The van der Waals surface area contributed by atoms with Crippen molar-refractivity contribution in [1.29, 1.82) is 0 Å². The summed E-state index contributed by atoms with van der Waals surface area (Å²) in [5, 5.41) is -0.0850. The lowest BCUT2D eigenvalue weighted by Crippen LogP contribution is -2.52. The first-order valence-corrected chi connectivity index (χ1v) is 16.2. The van der Waals surface area contributed by atoms with E-state index in [-0.39, 0.29) is 29.1 Å². The number of rotatable bonds is 10. The van der Waals surface area contributed by atoms with Gasteiger partial charge < -0.3 is 9.47 Å². The lowest BCUT2D eigenvalue weighted by molar-refractivity contribution is -0.140. The Labute approximate surface area is 267 Å². The van der Waals surface area contributed by atoms with Crippen molar-refractivity contribution < 1.29 is 32.3 Å². The first kappa shape index (κ1) is 33.2. The van der Waals surface area contributed by atoms with Gasteiger partial charge in [0, 0.05) is 13.1 Å². The molecule has 3 aromatic rings. The average molecular weight is 648 g/mol. The Kier molecular flexibility index (Phi) is 10.3. The maximum absolute atomic E-state index is 14.4. The molecule has 0 N–H and O–H groups in total. The first-order valence-electron chi connectivity index (χ1n) is 14.1. The van der Waals surface area contributed by atoms with Crippen LogP contribution in [-0.2, 0) is 39.2 Å². The largest absolute Gasteiger partial charge is 0.463 e. The molecule has 12 heteroatoms. The number of carbonyl (C=O) groups is 3. The summed E-state index contributed by atoms with van der Waals surface area (Å²) in [6.07, 6.45) is 0.880. The number of hydrogen-bond donors (Lipinski definition) is 0. The summed E-state index contributed by atoms with van der Waals surface area (Å²) in [5.41, 5.74) is -0.403. The van der Waals surface area contributed by atoms with E-state index in [0.717, 1.165) is 11.6 Å². The van der Waals surface area contributed by atoms with Crippen molar-refractivity contribution in [2.75, 3.05) is 26.1 Å². The standard InChI is InChI=1S/C33H33N3O7S2/c1-5-42-28(37)21-27(30(38)43-6-2)29(34-22-45(40,41)26-19-17-23(3)18-20-26)36-32(44)35(4)31(39)33(36,24-13-9-7-10-14-24)25-15-11-8-12-16-25/h7-21H,5-6,22H2,1-4H3/b27-21+,34-29+. The second-order valence-electron chi connectivity index (χ2n) is 9.99. The van der Waals surface area contributed by atoms with E-state index in [1.807, 2.05) is 6.92 Å². The number of esters is 2. The molecule has 0 aromatic heterocycles. The van der Waals surface area contributed by atoms with Gasteiger partial charge in [-0.3, -0.25) is 19.6 Å². The molecule has 0 bridgehead atoms. The molecule has 0 aliphatic carbocycles. The van der Waals surface area contributed by atoms with Crippen LogP contribution in [0.1, 0.15) is 30.5 Å². The van der Waals surface area contributed by atoms with Crippen LogP contribution in [0.2, 0.25) is 0 Å². The summed E-state index contributed by atoms with van der Waals surface area (Å²) >= 11 is 5.82. The van der Waals surface area contributed by atoms with Crippen molar-refractivity contribution in [3.63, 3.8) is 0 Å². The van der Waals surface area contributed by atoms with Crippen LogP contribution in [-0.4, -0.2) is 73.1 Å². The number of hydrogen-bond acceptors (Lipinski definition) is 9. The van der Waals surface area contributed by atoms with E-state index in [1.165, 1.54) is 29.0 Å². The van der Waals surface area contributed by atoms with Crippen LogP contribution in [0.25, 0.3) is 0 Å². The molecule has 0 saturated carbocycles. The number of benzene rings is 3. The Bertz CT molecular complexity index is 1720. The predicted octanol–water partition coefficient (Wildman–Crippen LogP) is 4.18. The van der Waals surface area contributed by atoms with Gasteiger partial charge >= 0.3 is 11.9 Å². The highest BCUT2D eigenvalue weighted by molar-refractivity contribution is 7.91. The maximum atomic E-state index is 14.4. The molecule has 0 radical (unpaired) electrons. The molecular formula is C33H33N3O7S2. The number of carbonyl (C=O) groups excluding carboxylic acids is 3. The van der Waals surface area contributed by atoms with Gasteiger partial charge in [-0.15, -0.1) is 0 Å². The molecule has 1 fully saturated rings. The van der Waals surface area contributed by atoms with Gasteiger partial charge in [0.2, 0.25) is 0 Å². The molecular weight excluding hydrogens is 615 g/mol. The van der Waals surface area contributed by atoms with Crippen LogP contribution in [0, 0.1) is 6.92 Å². The number of likely N-dealkylation sites (N-methyl/N-ethyl adjacent to an activating group) is 1. The second kappa shape index (κ2) is 14.0. The summed E-state index contributed by atoms with van der Waals surface area (Å²) in [6.45, 7) is 4.93. The topological polar surface area (TPSA) is 123 Å². The number of sulfone groups is 1. The van der Waals surface area contributed by atoms with Gasteiger partial charge in [0.15, 0.2) is 20.5 Å². The Morgan fingerprint density at radius 2 is 1.42 bits per heavy atom. The molecule has 45 heavy (non-hydrogen) atoms. The number of ether oxygens (including phenoxy) is 2. The van der Waals surface area contributed by atoms with Crippen LogP contribution in [0.3, 0.4) is 0 Å². The number of aliphatic imine (C=N–C) groups is 1. The summed E-state index contributed by atoms with van der Waals surface area (Å²) < 4.78 is 37.5. The Morgan fingerprint density at radius 3 is 1.93 bits per heavy atom. The maximum Gasteiger partial charge on any atom is 0.342 e. The first-order chi connectivity index (χ1) is 21.5. The highest BCUT2D eigenvalue weighted by atomic mass is 32.2. The predicted molar refractivity (Wildman–Crippen MR) is 173 cm³/mol. The summed E-state index contributed by atoms with van der Waals surface area (Å²) in [6, 6.07) is 23.6. The minimum atomic E-state index is -4.07. The minimum absolute atomic E-state index is 0.00103. The molecule has 0 atom stereocenters. The monoisotopic (exact) mass is 647 g/mol. The van der Waals surface area contributed by atoms with Crippen LogP contribution in [0.4, 0.5) is 0 Å². The van der Waals surface area contributed by atoms with E-state index in [1.54, 1.807) is 86.6 Å². The Hall–Kier alpha value is -4.68. The number of nitrogens with zero attached hydrogens (tertiary/aromatic N) is 3.